The lowest BCUT2D eigenvalue weighted by molar-refractivity contribution is -0.385. The van der Waals surface area contributed by atoms with Crippen LogP contribution in [0.2, 0.25) is 0 Å². The quantitative estimate of drug-likeness (QED) is 0.554. The molecule has 0 spiro atoms. The van der Waals surface area contributed by atoms with Crippen molar-refractivity contribution in [2.45, 2.75) is 5.75 Å². The van der Waals surface area contributed by atoms with Gasteiger partial charge in [0.1, 0.15) is 5.75 Å². The molecule has 27 heavy (non-hydrogen) atoms. The fourth-order valence-electron chi connectivity index (χ4n) is 3.20. The predicted molar refractivity (Wildman–Crippen MR) is 103 cm³/mol. The van der Waals surface area contributed by atoms with E-state index in [2.05, 4.69) is 4.90 Å². The zero-order chi connectivity index (χ0) is 19.4. The summed E-state index contributed by atoms with van der Waals surface area (Å²) in [6.45, 7) is 1.69. The van der Waals surface area contributed by atoms with E-state index in [1.165, 1.54) is 22.5 Å². The number of hydrogen-bond donors (Lipinski definition) is 0. The monoisotopic (exact) mass is 391 g/mol. The molecule has 0 unspecified atom stereocenters. The Balaban J connectivity index is 1.71. The van der Waals surface area contributed by atoms with Crippen LogP contribution in [0.1, 0.15) is 5.56 Å². The van der Waals surface area contributed by atoms with Crippen LogP contribution in [0.5, 0.6) is 5.75 Å². The van der Waals surface area contributed by atoms with Crippen molar-refractivity contribution in [2.75, 3.05) is 38.2 Å². The van der Waals surface area contributed by atoms with E-state index in [0.717, 1.165) is 11.4 Å². The Hall–Kier alpha value is -2.65. The lowest BCUT2D eigenvalue weighted by Gasteiger charge is -2.35. The van der Waals surface area contributed by atoms with Crippen molar-refractivity contribution in [1.82, 2.24) is 4.31 Å². The molecule has 0 radical (unpaired) electrons. The first-order valence-electron chi connectivity index (χ1n) is 8.50. The highest BCUT2D eigenvalue weighted by molar-refractivity contribution is 7.88. The molecule has 1 heterocycles. The molecule has 0 amide bonds. The number of methoxy groups -OCH3 is 1. The maximum absolute atomic E-state index is 12.8. The number of hydrogen-bond acceptors (Lipinski definition) is 6. The van der Waals surface area contributed by atoms with Gasteiger partial charge in [-0.1, -0.05) is 30.3 Å². The highest BCUT2D eigenvalue weighted by atomic mass is 32.2. The summed E-state index contributed by atoms with van der Waals surface area (Å²) < 4.78 is 32.3. The van der Waals surface area contributed by atoms with Crippen molar-refractivity contribution < 1.29 is 18.1 Å². The maximum Gasteiger partial charge on any atom is 0.273 e. The standard InChI is InChI=1S/C18H21N3O5S/c1-26-18-9-5-4-8-17(18)19-10-12-20(13-11-19)27(24,25)14-15-6-2-3-7-16(15)21(22)23/h2-9H,10-14H2,1H3. The Morgan fingerprint density at radius 2 is 1.67 bits per heavy atom. The van der Waals surface area contributed by atoms with Crippen LogP contribution in [0.4, 0.5) is 11.4 Å². The molecule has 1 fully saturated rings. The zero-order valence-corrected chi connectivity index (χ0v) is 15.8. The van der Waals surface area contributed by atoms with Gasteiger partial charge in [0.05, 0.1) is 23.5 Å². The second-order valence-corrected chi connectivity index (χ2v) is 8.17. The van der Waals surface area contributed by atoms with Crippen LogP contribution < -0.4 is 9.64 Å². The van der Waals surface area contributed by atoms with Crippen LogP contribution in [0, 0.1) is 10.1 Å². The number of benzene rings is 2. The Morgan fingerprint density at radius 3 is 2.33 bits per heavy atom. The van der Waals surface area contributed by atoms with Gasteiger partial charge in [-0.25, -0.2) is 8.42 Å². The molecule has 2 aromatic carbocycles. The fourth-order valence-corrected chi connectivity index (χ4v) is 4.74. The van der Waals surface area contributed by atoms with Gasteiger partial charge >= 0.3 is 0 Å². The predicted octanol–water partition coefficient (Wildman–Crippen LogP) is 2.26. The third kappa shape index (κ3) is 4.20. The van der Waals surface area contributed by atoms with Crippen molar-refractivity contribution in [3.63, 3.8) is 0 Å². The van der Waals surface area contributed by atoms with E-state index < -0.39 is 14.9 Å². The molecule has 0 saturated carbocycles. The van der Waals surface area contributed by atoms with Crippen LogP contribution in [0.15, 0.2) is 48.5 Å². The number of sulfonamides is 1. The maximum atomic E-state index is 12.8. The van der Waals surface area contributed by atoms with Crippen molar-refractivity contribution in [3.05, 3.63) is 64.2 Å². The minimum absolute atomic E-state index is 0.172. The Labute approximate surface area is 158 Å². The number of nitro benzene ring substituents is 1. The van der Waals surface area contributed by atoms with Gasteiger partial charge in [-0.05, 0) is 12.1 Å². The van der Waals surface area contributed by atoms with Gasteiger partial charge in [0.15, 0.2) is 0 Å². The first-order chi connectivity index (χ1) is 12.9. The summed E-state index contributed by atoms with van der Waals surface area (Å²) in [6, 6.07) is 13.6. The number of nitro groups is 1. The summed E-state index contributed by atoms with van der Waals surface area (Å²) in [5.41, 5.74) is 0.958. The van der Waals surface area contributed by atoms with Gasteiger partial charge in [0.2, 0.25) is 10.0 Å². The summed E-state index contributed by atoms with van der Waals surface area (Å²) in [6.07, 6.45) is 0. The molecule has 144 valence electrons. The smallest absolute Gasteiger partial charge is 0.273 e. The van der Waals surface area contributed by atoms with Crippen LogP contribution in [0.3, 0.4) is 0 Å². The van der Waals surface area contributed by atoms with Gasteiger partial charge in [-0.3, -0.25) is 10.1 Å². The summed E-state index contributed by atoms with van der Waals surface area (Å²) >= 11 is 0. The molecule has 0 atom stereocenters. The van der Waals surface area contributed by atoms with Gasteiger partial charge < -0.3 is 9.64 Å². The molecule has 1 saturated heterocycles. The Bertz CT molecular complexity index is 924. The second-order valence-electron chi connectivity index (χ2n) is 6.20. The molecule has 1 aliphatic rings. The minimum Gasteiger partial charge on any atom is -0.495 e. The normalized spacial score (nSPS) is 15.5. The van der Waals surface area contributed by atoms with E-state index in [0.29, 0.717) is 26.2 Å². The zero-order valence-electron chi connectivity index (χ0n) is 14.9. The van der Waals surface area contributed by atoms with E-state index in [4.69, 9.17) is 4.74 Å². The number of piperazine rings is 1. The first kappa shape index (κ1) is 19.1. The molecule has 0 aromatic heterocycles. The second kappa shape index (κ2) is 7.93. The molecular formula is C18H21N3O5S. The van der Waals surface area contributed by atoms with E-state index in [9.17, 15) is 18.5 Å². The summed E-state index contributed by atoms with van der Waals surface area (Å²) in [5, 5.41) is 11.1. The van der Waals surface area contributed by atoms with E-state index in [1.807, 2.05) is 24.3 Å². The van der Waals surface area contributed by atoms with Gasteiger partial charge in [-0.2, -0.15) is 4.31 Å². The summed E-state index contributed by atoms with van der Waals surface area (Å²) in [4.78, 5) is 12.7. The molecule has 3 rings (SSSR count). The van der Waals surface area contributed by atoms with E-state index in [-0.39, 0.29) is 17.0 Å². The van der Waals surface area contributed by atoms with Crippen molar-refractivity contribution in [2.24, 2.45) is 0 Å². The SMILES string of the molecule is COc1ccccc1N1CCN(S(=O)(=O)Cc2ccccc2[N+](=O)[O-])CC1. The average Bonchev–Trinajstić information content (AvgIpc) is 2.68. The number of ether oxygens (including phenoxy) is 1. The van der Waals surface area contributed by atoms with Crippen molar-refractivity contribution >= 4 is 21.4 Å². The highest BCUT2D eigenvalue weighted by Crippen LogP contribution is 2.29. The van der Waals surface area contributed by atoms with Crippen LogP contribution in [-0.2, 0) is 15.8 Å². The lowest BCUT2D eigenvalue weighted by atomic mass is 10.2. The first-order valence-corrected chi connectivity index (χ1v) is 10.1. The van der Waals surface area contributed by atoms with Gasteiger partial charge in [0.25, 0.3) is 5.69 Å². The van der Waals surface area contributed by atoms with Gasteiger partial charge in [0, 0.05) is 37.8 Å². The average molecular weight is 391 g/mol. The molecule has 0 aliphatic carbocycles. The van der Waals surface area contributed by atoms with E-state index in [1.54, 1.807) is 13.2 Å². The number of nitrogens with zero attached hydrogens (tertiary/aromatic N) is 3. The van der Waals surface area contributed by atoms with Crippen LogP contribution >= 0.6 is 0 Å². The molecule has 1 aliphatic heterocycles. The molecule has 2 aromatic rings. The molecule has 9 heteroatoms. The molecule has 8 nitrogen and oxygen atoms in total. The number of para-hydroxylation sites is 3. The minimum atomic E-state index is -3.64. The Kier molecular flexibility index (Phi) is 5.62. The van der Waals surface area contributed by atoms with Crippen LogP contribution in [-0.4, -0.2) is 50.9 Å². The number of rotatable bonds is 6. The van der Waals surface area contributed by atoms with E-state index >= 15 is 0 Å². The lowest BCUT2D eigenvalue weighted by Crippen LogP contribution is -2.49. The summed E-state index contributed by atoms with van der Waals surface area (Å²) in [7, 11) is -2.04. The third-order valence-corrected chi connectivity index (χ3v) is 6.41. The van der Waals surface area contributed by atoms with Gasteiger partial charge in [-0.15, -0.1) is 0 Å². The van der Waals surface area contributed by atoms with Crippen molar-refractivity contribution in [1.29, 1.82) is 0 Å². The molecule has 0 N–H and O–H groups in total. The van der Waals surface area contributed by atoms with Crippen LogP contribution in [0.25, 0.3) is 0 Å². The highest BCUT2D eigenvalue weighted by Gasteiger charge is 2.30. The van der Waals surface area contributed by atoms with Crippen molar-refractivity contribution in [3.8, 4) is 5.75 Å². The molecule has 0 bridgehead atoms. The summed E-state index contributed by atoms with van der Waals surface area (Å²) in [5.74, 6) is 0.368. The fraction of sp³-hybridized carbons (Fsp3) is 0.333. The number of anilines is 1. The topological polar surface area (TPSA) is 93.0 Å². The molecular weight excluding hydrogens is 370 g/mol. The Morgan fingerprint density at radius 1 is 1.04 bits per heavy atom. The third-order valence-electron chi connectivity index (χ3n) is 4.58. The largest absolute Gasteiger partial charge is 0.495 e.